The Hall–Kier alpha value is -1.27. The lowest BCUT2D eigenvalue weighted by Crippen LogP contribution is -2.08. The number of nitriles is 1. The highest BCUT2D eigenvalue weighted by Crippen LogP contribution is 2.18. The molecule has 3 nitrogen and oxygen atoms in total. The van der Waals surface area contributed by atoms with E-state index in [1.54, 1.807) is 12.1 Å². The van der Waals surface area contributed by atoms with Gasteiger partial charge in [0.2, 0.25) is 5.88 Å². The summed E-state index contributed by atoms with van der Waals surface area (Å²) in [5, 5.41) is 9.04. The fraction of sp³-hybridized carbons (Fsp3) is 0.333. The van der Waals surface area contributed by atoms with Gasteiger partial charge in [-0.3, -0.25) is 0 Å². The Morgan fingerprint density at radius 2 is 2.23 bits per heavy atom. The molecule has 0 bridgehead atoms. The molecular formula is C9H9ClN2O. The van der Waals surface area contributed by atoms with E-state index in [2.05, 4.69) is 4.98 Å². The van der Waals surface area contributed by atoms with Crippen LogP contribution in [0.2, 0.25) is 5.15 Å². The zero-order valence-corrected chi connectivity index (χ0v) is 8.17. The van der Waals surface area contributed by atoms with E-state index in [1.165, 1.54) is 0 Å². The second-order valence-electron chi connectivity index (χ2n) is 2.77. The molecule has 0 radical (unpaired) electrons. The Kier molecular flexibility index (Phi) is 3.10. The highest BCUT2D eigenvalue weighted by molar-refractivity contribution is 6.29. The first-order valence-corrected chi connectivity index (χ1v) is 4.24. The Bertz CT molecular complexity index is 344. The minimum absolute atomic E-state index is 0.0157. The maximum atomic E-state index is 8.71. The van der Waals surface area contributed by atoms with Gasteiger partial charge in [0, 0.05) is 0 Å². The third-order valence-electron chi connectivity index (χ3n) is 1.29. The summed E-state index contributed by atoms with van der Waals surface area (Å²) < 4.78 is 5.30. The first kappa shape index (κ1) is 9.82. The van der Waals surface area contributed by atoms with E-state index < -0.39 is 0 Å². The Morgan fingerprint density at radius 1 is 1.54 bits per heavy atom. The van der Waals surface area contributed by atoms with Gasteiger partial charge < -0.3 is 4.74 Å². The lowest BCUT2D eigenvalue weighted by atomic mass is 10.3. The van der Waals surface area contributed by atoms with Crippen LogP contribution in [0.25, 0.3) is 0 Å². The van der Waals surface area contributed by atoms with Crippen molar-refractivity contribution in [2.24, 2.45) is 0 Å². The number of hydrogen-bond acceptors (Lipinski definition) is 3. The van der Waals surface area contributed by atoms with Gasteiger partial charge in [0.25, 0.3) is 0 Å². The summed E-state index contributed by atoms with van der Waals surface area (Å²) in [6.45, 7) is 3.73. The topological polar surface area (TPSA) is 45.9 Å². The largest absolute Gasteiger partial charge is 0.474 e. The quantitative estimate of drug-likeness (QED) is 0.683. The summed E-state index contributed by atoms with van der Waals surface area (Å²) in [6, 6.07) is 5.14. The maximum absolute atomic E-state index is 8.71. The summed E-state index contributed by atoms with van der Waals surface area (Å²) in [4.78, 5) is 3.90. The Morgan fingerprint density at radius 3 is 2.77 bits per heavy atom. The molecule has 0 N–H and O–H groups in total. The molecule has 0 atom stereocenters. The van der Waals surface area contributed by atoms with Gasteiger partial charge >= 0.3 is 0 Å². The average Bonchev–Trinajstić information content (AvgIpc) is 2.03. The standard InChI is InChI=1S/C9H9ClN2O/c1-6(2)13-9-7(5-11)3-4-8(10)12-9/h3-4,6H,1-2H3. The van der Waals surface area contributed by atoms with Crippen LogP contribution in [0.15, 0.2) is 12.1 Å². The number of hydrogen-bond donors (Lipinski definition) is 0. The van der Waals surface area contributed by atoms with E-state index in [1.807, 2.05) is 19.9 Å². The predicted molar refractivity (Wildman–Crippen MR) is 49.7 cm³/mol. The molecule has 13 heavy (non-hydrogen) atoms. The number of nitrogens with zero attached hydrogens (tertiary/aromatic N) is 2. The van der Waals surface area contributed by atoms with Crippen molar-refractivity contribution in [3.63, 3.8) is 0 Å². The number of ether oxygens (including phenoxy) is 1. The molecule has 0 amide bonds. The molecule has 68 valence electrons. The summed E-state index contributed by atoms with van der Waals surface area (Å²) in [7, 11) is 0. The van der Waals surface area contributed by atoms with Crippen molar-refractivity contribution in [1.82, 2.24) is 4.98 Å². The molecule has 1 rings (SSSR count). The zero-order valence-electron chi connectivity index (χ0n) is 7.41. The van der Waals surface area contributed by atoms with Crippen LogP contribution in [0.4, 0.5) is 0 Å². The third-order valence-corrected chi connectivity index (χ3v) is 1.50. The van der Waals surface area contributed by atoms with Gasteiger partial charge in [0.05, 0.1) is 6.10 Å². The summed E-state index contributed by atoms with van der Waals surface area (Å²) in [5.74, 6) is 0.296. The van der Waals surface area contributed by atoms with E-state index in [0.717, 1.165) is 0 Å². The fourth-order valence-corrected chi connectivity index (χ4v) is 0.956. The molecule has 1 heterocycles. The van der Waals surface area contributed by atoms with Gasteiger partial charge in [0.15, 0.2) is 0 Å². The average molecular weight is 197 g/mol. The molecule has 0 saturated heterocycles. The summed E-state index contributed by atoms with van der Waals surface area (Å²) in [6.07, 6.45) is -0.0157. The van der Waals surface area contributed by atoms with Crippen LogP contribution in [-0.2, 0) is 0 Å². The van der Waals surface area contributed by atoms with Gasteiger partial charge in [0.1, 0.15) is 16.8 Å². The third kappa shape index (κ3) is 2.60. The van der Waals surface area contributed by atoms with E-state index >= 15 is 0 Å². The Balaban J connectivity index is 3.03. The molecule has 0 aromatic carbocycles. The minimum atomic E-state index is -0.0157. The highest BCUT2D eigenvalue weighted by Gasteiger charge is 2.07. The number of aromatic nitrogens is 1. The van der Waals surface area contributed by atoms with Gasteiger partial charge in [-0.25, -0.2) is 4.98 Å². The number of pyridine rings is 1. The summed E-state index contributed by atoms with van der Waals surface area (Å²) in [5.41, 5.74) is 0.401. The smallest absolute Gasteiger partial charge is 0.233 e. The van der Waals surface area contributed by atoms with Crippen molar-refractivity contribution < 1.29 is 4.74 Å². The summed E-state index contributed by atoms with van der Waals surface area (Å²) >= 11 is 5.66. The minimum Gasteiger partial charge on any atom is -0.474 e. The van der Waals surface area contributed by atoms with Crippen LogP contribution in [0, 0.1) is 11.3 Å². The zero-order chi connectivity index (χ0) is 9.84. The molecule has 0 aliphatic heterocycles. The van der Waals surface area contributed by atoms with Crippen LogP contribution < -0.4 is 4.74 Å². The first-order valence-electron chi connectivity index (χ1n) is 3.87. The van der Waals surface area contributed by atoms with Gasteiger partial charge in [-0.2, -0.15) is 5.26 Å². The van der Waals surface area contributed by atoms with Crippen molar-refractivity contribution in [3.05, 3.63) is 22.8 Å². The van der Waals surface area contributed by atoms with Gasteiger partial charge in [-0.1, -0.05) is 11.6 Å². The van der Waals surface area contributed by atoms with Crippen molar-refractivity contribution >= 4 is 11.6 Å². The van der Waals surface area contributed by atoms with Crippen LogP contribution in [0.1, 0.15) is 19.4 Å². The first-order chi connectivity index (χ1) is 6.13. The van der Waals surface area contributed by atoms with E-state index in [4.69, 9.17) is 21.6 Å². The highest BCUT2D eigenvalue weighted by atomic mass is 35.5. The van der Waals surface area contributed by atoms with Crippen molar-refractivity contribution in [3.8, 4) is 11.9 Å². The van der Waals surface area contributed by atoms with E-state index in [0.29, 0.717) is 16.6 Å². The molecule has 0 fully saturated rings. The van der Waals surface area contributed by atoms with Crippen LogP contribution in [0.3, 0.4) is 0 Å². The second kappa shape index (κ2) is 4.11. The number of halogens is 1. The van der Waals surface area contributed by atoms with Gasteiger partial charge in [-0.05, 0) is 26.0 Å². The van der Waals surface area contributed by atoms with Crippen LogP contribution in [0.5, 0.6) is 5.88 Å². The molecule has 1 aromatic rings. The van der Waals surface area contributed by atoms with Gasteiger partial charge in [-0.15, -0.1) is 0 Å². The number of rotatable bonds is 2. The van der Waals surface area contributed by atoms with E-state index in [-0.39, 0.29) is 6.10 Å². The molecular weight excluding hydrogens is 188 g/mol. The molecule has 0 unspecified atom stereocenters. The second-order valence-corrected chi connectivity index (χ2v) is 3.15. The molecule has 4 heteroatoms. The van der Waals surface area contributed by atoms with E-state index in [9.17, 15) is 0 Å². The molecule has 1 aromatic heterocycles. The van der Waals surface area contributed by atoms with Crippen LogP contribution >= 0.6 is 11.6 Å². The lowest BCUT2D eigenvalue weighted by molar-refractivity contribution is 0.232. The fourth-order valence-electron chi connectivity index (χ4n) is 0.816. The monoisotopic (exact) mass is 196 g/mol. The molecule has 0 aliphatic rings. The molecule has 0 aliphatic carbocycles. The lowest BCUT2D eigenvalue weighted by Gasteiger charge is -2.09. The predicted octanol–water partition coefficient (Wildman–Crippen LogP) is 2.39. The van der Waals surface area contributed by atoms with Crippen molar-refractivity contribution in [1.29, 1.82) is 5.26 Å². The van der Waals surface area contributed by atoms with Crippen molar-refractivity contribution in [2.75, 3.05) is 0 Å². The Labute approximate surface area is 81.9 Å². The van der Waals surface area contributed by atoms with Crippen molar-refractivity contribution in [2.45, 2.75) is 20.0 Å². The molecule has 0 saturated carbocycles. The SMILES string of the molecule is CC(C)Oc1nc(Cl)ccc1C#N. The van der Waals surface area contributed by atoms with Crippen LogP contribution in [-0.4, -0.2) is 11.1 Å². The molecule has 0 spiro atoms. The normalized spacial score (nSPS) is 9.77. The maximum Gasteiger partial charge on any atom is 0.233 e.